The van der Waals surface area contributed by atoms with Crippen LogP contribution in [0.4, 0.5) is 0 Å². The zero-order chi connectivity index (χ0) is 13.8. The van der Waals surface area contributed by atoms with Crippen LogP contribution in [0.1, 0.15) is 22.3 Å². The first-order chi connectivity index (χ1) is 9.10. The summed E-state index contributed by atoms with van der Waals surface area (Å²) in [4.78, 5) is 1.02. The molecule has 0 saturated carbocycles. The van der Waals surface area contributed by atoms with E-state index in [4.69, 9.17) is 0 Å². The number of nitriles is 1. The summed E-state index contributed by atoms with van der Waals surface area (Å²) in [6.07, 6.45) is 0. The lowest BCUT2D eigenvalue weighted by atomic mass is 10.1. The maximum absolute atomic E-state index is 9.19. The van der Waals surface area contributed by atoms with Crippen LogP contribution in [-0.4, -0.2) is 0 Å². The second-order valence-corrected chi connectivity index (χ2v) is 6.38. The Bertz CT molecular complexity index is 623. The van der Waals surface area contributed by atoms with Crippen LogP contribution in [0.3, 0.4) is 0 Å². The number of aryl methyl sites for hydroxylation is 2. The van der Waals surface area contributed by atoms with Gasteiger partial charge < -0.3 is 0 Å². The van der Waals surface area contributed by atoms with E-state index in [0.29, 0.717) is 0 Å². The standard InChI is InChI=1S/C16H14BrNS/c1-11-6-12(2)8-13(7-11)10-19-16-5-3-4-15(17)14(16)9-18/h3-8H,10H2,1-2H3. The minimum absolute atomic E-state index is 0.719. The SMILES string of the molecule is Cc1cc(C)cc(CSc2cccc(Br)c2C#N)c1. The van der Waals surface area contributed by atoms with E-state index in [9.17, 15) is 5.26 Å². The average Bonchev–Trinajstić information content (AvgIpc) is 2.35. The fourth-order valence-corrected chi connectivity index (χ4v) is 3.60. The van der Waals surface area contributed by atoms with Crippen molar-refractivity contribution in [2.45, 2.75) is 24.5 Å². The maximum Gasteiger partial charge on any atom is 0.101 e. The molecule has 3 heteroatoms. The van der Waals surface area contributed by atoms with Crippen molar-refractivity contribution in [1.82, 2.24) is 0 Å². The molecule has 0 spiro atoms. The van der Waals surface area contributed by atoms with Gasteiger partial charge in [-0.25, -0.2) is 0 Å². The molecular formula is C16H14BrNS. The molecule has 0 aliphatic carbocycles. The summed E-state index contributed by atoms with van der Waals surface area (Å²) >= 11 is 5.12. The summed E-state index contributed by atoms with van der Waals surface area (Å²) in [6.45, 7) is 4.22. The van der Waals surface area contributed by atoms with E-state index in [2.05, 4.69) is 54.0 Å². The molecule has 0 amide bonds. The largest absolute Gasteiger partial charge is 0.192 e. The first kappa shape index (κ1) is 14.2. The third-order valence-electron chi connectivity index (χ3n) is 2.76. The normalized spacial score (nSPS) is 10.2. The van der Waals surface area contributed by atoms with Gasteiger partial charge in [0.25, 0.3) is 0 Å². The topological polar surface area (TPSA) is 23.8 Å². The molecule has 0 bridgehead atoms. The molecule has 0 heterocycles. The first-order valence-corrected chi connectivity index (χ1v) is 7.76. The Kier molecular flexibility index (Phi) is 4.68. The van der Waals surface area contributed by atoms with Gasteiger partial charge in [0.15, 0.2) is 0 Å². The zero-order valence-corrected chi connectivity index (χ0v) is 13.3. The molecule has 0 aliphatic rings. The van der Waals surface area contributed by atoms with E-state index >= 15 is 0 Å². The molecule has 0 N–H and O–H groups in total. The highest BCUT2D eigenvalue weighted by Gasteiger charge is 2.07. The summed E-state index contributed by atoms with van der Waals surface area (Å²) in [5.74, 6) is 0.883. The van der Waals surface area contributed by atoms with Gasteiger partial charge >= 0.3 is 0 Å². The van der Waals surface area contributed by atoms with Crippen LogP contribution in [0.5, 0.6) is 0 Å². The van der Waals surface area contributed by atoms with Crippen LogP contribution >= 0.6 is 27.7 Å². The second-order valence-electron chi connectivity index (χ2n) is 4.51. The first-order valence-electron chi connectivity index (χ1n) is 5.99. The molecule has 0 unspecified atom stereocenters. The third kappa shape index (κ3) is 3.62. The van der Waals surface area contributed by atoms with Crippen molar-refractivity contribution in [2.75, 3.05) is 0 Å². The van der Waals surface area contributed by atoms with E-state index in [0.717, 1.165) is 20.7 Å². The van der Waals surface area contributed by atoms with Gasteiger partial charge in [-0.2, -0.15) is 5.26 Å². The number of nitrogens with zero attached hydrogens (tertiary/aromatic N) is 1. The minimum Gasteiger partial charge on any atom is -0.192 e. The van der Waals surface area contributed by atoms with E-state index in [1.54, 1.807) is 11.8 Å². The lowest BCUT2D eigenvalue weighted by molar-refractivity contribution is 1.28. The van der Waals surface area contributed by atoms with Crippen molar-refractivity contribution < 1.29 is 0 Å². The maximum atomic E-state index is 9.19. The second kappa shape index (κ2) is 6.27. The summed E-state index contributed by atoms with van der Waals surface area (Å²) in [5.41, 5.74) is 4.58. The van der Waals surface area contributed by atoms with Gasteiger partial charge in [0.2, 0.25) is 0 Å². The molecule has 0 atom stereocenters. The molecule has 0 aliphatic heterocycles. The van der Waals surface area contributed by atoms with E-state index in [-0.39, 0.29) is 0 Å². The number of hydrogen-bond acceptors (Lipinski definition) is 2. The van der Waals surface area contributed by atoms with Crippen molar-refractivity contribution in [3.63, 3.8) is 0 Å². The predicted molar refractivity (Wildman–Crippen MR) is 84.3 cm³/mol. The fourth-order valence-electron chi connectivity index (χ4n) is 2.05. The fraction of sp³-hybridized carbons (Fsp3) is 0.188. The van der Waals surface area contributed by atoms with Gasteiger partial charge in [0.05, 0.1) is 5.56 Å². The Balaban J connectivity index is 2.19. The highest BCUT2D eigenvalue weighted by molar-refractivity contribution is 9.10. The van der Waals surface area contributed by atoms with Crippen LogP contribution in [0.25, 0.3) is 0 Å². The van der Waals surface area contributed by atoms with Crippen LogP contribution in [-0.2, 0) is 5.75 Å². The lowest BCUT2D eigenvalue weighted by Gasteiger charge is -2.07. The van der Waals surface area contributed by atoms with E-state index in [1.807, 2.05) is 18.2 Å². The molecule has 0 radical (unpaired) electrons. The van der Waals surface area contributed by atoms with Gasteiger partial charge in [0.1, 0.15) is 6.07 Å². The van der Waals surface area contributed by atoms with Gasteiger partial charge in [-0.3, -0.25) is 0 Å². The lowest BCUT2D eigenvalue weighted by Crippen LogP contribution is -1.87. The third-order valence-corrected chi connectivity index (χ3v) is 4.55. The Morgan fingerprint density at radius 3 is 2.47 bits per heavy atom. The van der Waals surface area contributed by atoms with E-state index < -0.39 is 0 Å². The molecule has 0 aromatic heterocycles. The molecule has 0 saturated heterocycles. The number of thioether (sulfide) groups is 1. The van der Waals surface area contributed by atoms with Crippen molar-refractivity contribution in [2.24, 2.45) is 0 Å². The predicted octanol–water partition coefficient (Wildman–Crippen LogP) is 5.23. The quantitative estimate of drug-likeness (QED) is 0.719. The summed E-state index contributed by atoms with van der Waals surface area (Å²) in [6, 6.07) is 14.7. The molecule has 19 heavy (non-hydrogen) atoms. The van der Waals surface area contributed by atoms with Crippen molar-refractivity contribution in [3.8, 4) is 6.07 Å². The highest BCUT2D eigenvalue weighted by Crippen LogP contribution is 2.30. The molecule has 96 valence electrons. The average molecular weight is 332 g/mol. The summed E-state index contributed by atoms with van der Waals surface area (Å²) in [7, 11) is 0. The monoisotopic (exact) mass is 331 g/mol. The summed E-state index contributed by atoms with van der Waals surface area (Å²) in [5, 5.41) is 9.19. The number of rotatable bonds is 3. The van der Waals surface area contributed by atoms with Crippen LogP contribution < -0.4 is 0 Å². The Hall–Kier alpha value is -1.24. The number of benzene rings is 2. The van der Waals surface area contributed by atoms with Crippen LogP contribution in [0, 0.1) is 25.2 Å². The molecule has 2 aromatic carbocycles. The Morgan fingerprint density at radius 1 is 1.16 bits per heavy atom. The Morgan fingerprint density at radius 2 is 1.84 bits per heavy atom. The summed E-state index contributed by atoms with van der Waals surface area (Å²) < 4.78 is 0.862. The smallest absolute Gasteiger partial charge is 0.101 e. The highest BCUT2D eigenvalue weighted by atomic mass is 79.9. The van der Waals surface area contributed by atoms with Gasteiger partial charge in [-0.1, -0.05) is 35.4 Å². The molecule has 2 aromatic rings. The van der Waals surface area contributed by atoms with Crippen molar-refractivity contribution in [1.29, 1.82) is 5.26 Å². The number of hydrogen-bond donors (Lipinski definition) is 0. The van der Waals surface area contributed by atoms with Crippen LogP contribution in [0.2, 0.25) is 0 Å². The minimum atomic E-state index is 0.719. The van der Waals surface area contributed by atoms with Gasteiger partial charge in [-0.05, 0) is 47.5 Å². The van der Waals surface area contributed by atoms with Gasteiger partial charge in [-0.15, -0.1) is 11.8 Å². The Labute approximate surface area is 126 Å². The zero-order valence-electron chi connectivity index (χ0n) is 10.9. The van der Waals surface area contributed by atoms with Crippen molar-refractivity contribution >= 4 is 27.7 Å². The molecule has 1 nitrogen and oxygen atoms in total. The molecular weight excluding hydrogens is 318 g/mol. The van der Waals surface area contributed by atoms with Crippen molar-refractivity contribution in [3.05, 3.63) is 63.1 Å². The number of halogens is 1. The van der Waals surface area contributed by atoms with Gasteiger partial charge in [0, 0.05) is 15.1 Å². The van der Waals surface area contributed by atoms with E-state index in [1.165, 1.54) is 16.7 Å². The molecule has 2 rings (SSSR count). The molecule has 0 fully saturated rings. The van der Waals surface area contributed by atoms with Crippen LogP contribution in [0.15, 0.2) is 45.8 Å².